The van der Waals surface area contributed by atoms with Crippen molar-refractivity contribution in [2.75, 3.05) is 19.6 Å². The van der Waals surface area contributed by atoms with Crippen molar-refractivity contribution in [1.82, 2.24) is 15.5 Å². The number of carbonyl (C=O) groups is 2. The van der Waals surface area contributed by atoms with Crippen molar-refractivity contribution in [2.45, 2.75) is 50.6 Å². The molecule has 2 aliphatic heterocycles. The number of nitrogens with one attached hydrogen (secondary N) is 2. The van der Waals surface area contributed by atoms with E-state index in [0.717, 1.165) is 45.2 Å². The molecule has 0 aromatic heterocycles. The van der Waals surface area contributed by atoms with Crippen LogP contribution in [0.1, 0.15) is 38.5 Å². The predicted octanol–water partition coefficient (Wildman–Crippen LogP) is 0.777. The molecule has 19 heavy (non-hydrogen) atoms. The molecule has 2 saturated heterocycles. The monoisotopic (exact) mass is 269 g/mol. The van der Waals surface area contributed by atoms with Gasteiger partial charge in [0.15, 0.2) is 0 Å². The van der Waals surface area contributed by atoms with Crippen molar-refractivity contribution in [3.05, 3.63) is 0 Å². The third-order valence-corrected chi connectivity index (χ3v) is 3.96. The Kier molecular flexibility index (Phi) is 5.01. The largest absolute Gasteiger partial charge is 0.481 e. The highest BCUT2D eigenvalue weighted by atomic mass is 16.4. The molecule has 2 amide bonds. The van der Waals surface area contributed by atoms with Crippen LogP contribution in [0.5, 0.6) is 0 Å². The lowest BCUT2D eigenvalue weighted by Crippen LogP contribution is -2.53. The molecule has 6 nitrogen and oxygen atoms in total. The van der Waals surface area contributed by atoms with E-state index >= 15 is 0 Å². The summed E-state index contributed by atoms with van der Waals surface area (Å²) in [5.41, 5.74) is 0. The number of carboxylic acid groups (broad SMARTS) is 1. The molecule has 6 heteroatoms. The number of rotatable bonds is 3. The number of likely N-dealkylation sites (tertiary alicyclic amines) is 1. The molecule has 0 aromatic carbocycles. The van der Waals surface area contributed by atoms with Gasteiger partial charge in [0.2, 0.25) is 0 Å². The van der Waals surface area contributed by atoms with Gasteiger partial charge < -0.3 is 20.6 Å². The lowest BCUT2D eigenvalue weighted by molar-refractivity contribution is -0.138. The van der Waals surface area contributed by atoms with Crippen LogP contribution in [-0.2, 0) is 4.79 Å². The SMILES string of the molecule is O=C(O)CC1CCCCN1C(=O)NC1CCNCC1. The minimum atomic E-state index is -0.827. The van der Waals surface area contributed by atoms with Gasteiger partial charge in [-0.15, -0.1) is 0 Å². The van der Waals surface area contributed by atoms with E-state index in [1.165, 1.54) is 0 Å². The number of carbonyl (C=O) groups excluding carboxylic acids is 1. The summed E-state index contributed by atoms with van der Waals surface area (Å²) in [4.78, 5) is 24.8. The Morgan fingerprint density at radius 2 is 1.95 bits per heavy atom. The van der Waals surface area contributed by atoms with Crippen molar-refractivity contribution in [3.63, 3.8) is 0 Å². The molecule has 2 aliphatic rings. The van der Waals surface area contributed by atoms with Crippen LogP contribution >= 0.6 is 0 Å². The Hall–Kier alpha value is -1.30. The first-order chi connectivity index (χ1) is 9.16. The highest BCUT2D eigenvalue weighted by Crippen LogP contribution is 2.20. The van der Waals surface area contributed by atoms with Gasteiger partial charge in [-0.3, -0.25) is 4.79 Å². The summed E-state index contributed by atoms with van der Waals surface area (Å²) in [6.45, 7) is 2.54. The van der Waals surface area contributed by atoms with E-state index in [9.17, 15) is 9.59 Å². The lowest BCUT2D eigenvalue weighted by Gasteiger charge is -2.36. The molecule has 0 radical (unpaired) electrons. The summed E-state index contributed by atoms with van der Waals surface area (Å²) in [7, 11) is 0. The van der Waals surface area contributed by atoms with Gasteiger partial charge in [0.25, 0.3) is 0 Å². The molecule has 0 bridgehead atoms. The minimum absolute atomic E-state index is 0.0552. The molecule has 0 aliphatic carbocycles. The van der Waals surface area contributed by atoms with Gasteiger partial charge in [-0.25, -0.2) is 4.79 Å². The maximum Gasteiger partial charge on any atom is 0.317 e. The average molecular weight is 269 g/mol. The maximum atomic E-state index is 12.3. The number of urea groups is 1. The molecule has 2 heterocycles. The number of piperidine rings is 2. The fourth-order valence-corrected chi connectivity index (χ4v) is 2.91. The zero-order chi connectivity index (χ0) is 13.7. The normalized spacial score (nSPS) is 25.1. The van der Waals surface area contributed by atoms with Crippen LogP contribution in [0.2, 0.25) is 0 Å². The summed E-state index contributed by atoms with van der Waals surface area (Å²) in [5, 5.41) is 15.2. The zero-order valence-corrected chi connectivity index (χ0v) is 11.2. The van der Waals surface area contributed by atoms with Gasteiger partial charge in [0.1, 0.15) is 0 Å². The van der Waals surface area contributed by atoms with Gasteiger partial charge >= 0.3 is 12.0 Å². The van der Waals surface area contributed by atoms with E-state index in [-0.39, 0.29) is 24.5 Å². The molecule has 2 fully saturated rings. The smallest absolute Gasteiger partial charge is 0.317 e. The Bertz CT molecular complexity index is 329. The summed E-state index contributed by atoms with van der Waals surface area (Å²) >= 11 is 0. The van der Waals surface area contributed by atoms with Crippen LogP contribution in [0.15, 0.2) is 0 Å². The standard InChI is InChI=1S/C13H23N3O3/c17-12(18)9-11-3-1-2-8-16(11)13(19)15-10-4-6-14-7-5-10/h10-11,14H,1-9H2,(H,15,19)(H,17,18). The van der Waals surface area contributed by atoms with E-state index in [4.69, 9.17) is 5.11 Å². The molecule has 1 atom stereocenters. The second-order valence-electron chi connectivity index (χ2n) is 5.41. The summed E-state index contributed by atoms with van der Waals surface area (Å²) in [6, 6.07) is -0.00744. The molecular weight excluding hydrogens is 246 g/mol. The lowest BCUT2D eigenvalue weighted by atomic mass is 9.99. The van der Waals surface area contributed by atoms with Crippen molar-refractivity contribution < 1.29 is 14.7 Å². The molecule has 0 spiro atoms. The average Bonchev–Trinajstić information content (AvgIpc) is 2.39. The Morgan fingerprint density at radius 1 is 1.21 bits per heavy atom. The third kappa shape index (κ3) is 4.09. The van der Waals surface area contributed by atoms with Crippen molar-refractivity contribution in [3.8, 4) is 0 Å². The van der Waals surface area contributed by atoms with E-state index in [1.807, 2.05) is 0 Å². The van der Waals surface area contributed by atoms with Crippen molar-refractivity contribution in [2.24, 2.45) is 0 Å². The third-order valence-electron chi connectivity index (χ3n) is 3.96. The van der Waals surface area contributed by atoms with Gasteiger partial charge in [0, 0.05) is 18.6 Å². The van der Waals surface area contributed by atoms with Crippen LogP contribution in [-0.4, -0.2) is 53.7 Å². The second kappa shape index (κ2) is 6.75. The molecule has 0 saturated carbocycles. The minimum Gasteiger partial charge on any atom is -0.481 e. The van der Waals surface area contributed by atoms with E-state index < -0.39 is 5.97 Å². The van der Waals surface area contributed by atoms with Gasteiger partial charge in [-0.1, -0.05) is 0 Å². The number of carboxylic acids is 1. The Morgan fingerprint density at radius 3 is 2.63 bits per heavy atom. The first-order valence-corrected chi connectivity index (χ1v) is 7.16. The van der Waals surface area contributed by atoms with Crippen molar-refractivity contribution >= 4 is 12.0 Å². The molecule has 0 aromatic rings. The number of nitrogens with zero attached hydrogens (tertiary/aromatic N) is 1. The molecule has 1 unspecified atom stereocenters. The van der Waals surface area contributed by atoms with E-state index in [2.05, 4.69) is 10.6 Å². The van der Waals surface area contributed by atoms with Crippen LogP contribution in [0.4, 0.5) is 4.79 Å². The summed E-state index contributed by atoms with van der Waals surface area (Å²) in [5.74, 6) is -0.827. The second-order valence-corrected chi connectivity index (χ2v) is 5.41. The first kappa shape index (κ1) is 14.1. The molecule has 3 N–H and O–H groups in total. The first-order valence-electron chi connectivity index (χ1n) is 7.16. The van der Waals surface area contributed by atoms with Crippen molar-refractivity contribution in [1.29, 1.82) is 0 Å². The highest BCUT2D eigenvalue weighted by molar-refractivity contribution is 5.76. The molecular formula is C13H23N3O3. The van der Waals surface area contributed by atoms with Crippen LogP contribution in [0.3, 0.4) is 0 Å². The number of hydrogen-bond donors (Lipinski definition) is 3. The highest BCUT2D eigenvalue weighted by Gasteiger charge is 2.29. The number of aliphatic carboxylic acids is 1. The zero-order valence-electron chi connectivity index (χ0n) is 11.2. The predicted molar refractivity (Wildman–Crippen MR) is 71.0 cm³/mol. The fourth-order valence-electron chi connectivity index (χ4n) is 2.91. The fraction of sp³-hybridized carbons (Fsp3) is 0.846. The van der Waals surface area contributed by atoms with Gasteiger partial charge in [-0.05, 0) is 45.2 Å². The summed E-state index contributed by atoms with van der Waals surface area (Å²) in [6.07, 6.45) is 4.72. The Balaban J connectivity index is 1.88. The topological polar surface area (TPSA) is 81.7 Å². The van der Waals surface area contributed by atoms with Crippen LogP contribution in [0, 0.1) is 0 Å². The summed E-state index contributed by atoms with van der Waals surface area (Å²) < 4.78 is 0. The maximum absolute atomic E-state index is 12.3. The van der Waals surface area contributed by atoms with E-state index in [1.54, 1.807) is 4.90 Å². The van der Waals surface area contributed by atoms with Crippen LogP contribution in [0.25, 0.3) is 0 Å². The number of hydrogen-bond acceptors (Lipinski definition) is 3. The molecule has 108 valence electrons. The van der Waals surface area contributed by atoms with E-state index in [0.29, 0.717) is 6.54 Å². The molecule has 2 rings (SSSR count). The Labute approximate surface area is 113 Å². The quantitative estimate of drug-likeness (QED) is 0.707. The van der Waals surface area contributed by atoms with Crippen LogP contribution < -0.4 is 10.6 Å². The number of amides is 2. The van der Waals surface area contributed by atoms with Gasteiger partial charge in [-0.2, -0.15) is 0 Å². The van der Waals surface area contributed by atoms with Gasteiger partial charge in [0.05, 0.1) is 6.42 Å².